The topological polar surface area (TPSA) is 64.8 Å². The Bertz CT molecular complexity index is 1070. The van der Waals surface area contributed by atoms with Crippen LogP contribution in [-0.4, -0.2) is 49.2 Å². The molecule has 3 aromatic rings. The second-order valence-corrected chi connectivity index (χ2v) is 8.17. The summed E-state index contributed by atoms with van der Waals surface area (Å²) in [6, 6.07) is 9.89. The summed E-state index contributed by atoms with van der Waals surface area (Å²) in [6.07, 6.45) is 3.30. The highest BCUT2D eigenvalue weighted by molar-refractivity contribution is 5.96. The lowest BCUT2D eigenvalue weighted by atomic mass is 9.91. The average Bonchev–Trinajstić information content (AvgIpc) is 3.24. The number of aromatic nitrogens is 1. The van der Waals surface area contributed by atoms with E-state index in [1.165, 1.54) is 12.1 Å². The van der Waals surface area contributed by atoms with Crippen molar-refractivity contribution in [3.05, 3.63) is 53.5 Å². The number of ketones is 1. The standard InChI is InChI=1S/C25H29FN2O4/c1-3-21(29)18-5-7-23(24(15-18)30-2)31-14-4-11-28-12-9-17(10-13-28)25-20-16-19(26)6-8-22(20)32-27-25/h5-8,15-17H,3-4,9-14H2,1-2H3. The highest BCUT2D eigenvalue weighted by Gasteiger charge is 2.25. The Morgan fingerprint density at radius 3 is 2.75 bits per heavy atom. The lowest BCUT2D eigenvalue weighted by Crippen LogP contribution is -2.34. The number of Topliss-reactive ketones (excluding diaryl/α,β-unsaturated/α-hetero) is 1. The highest BCUT2D eigenvalue weighted by atomic mass is 19.1. The van der Waals surface area contributed by atoms with Gasteiger partial charge in [0, 0.05) is 29.8 Å². The third kappa shape index (κ3) is 4.93. The maximum atomic E-state index is 13.6. The Labute approximate surface area is 187 Å². The number of ether oxygens (including phenoxy) is 2. The van der Waals surface area contributed by atoms with Crippen molar-refractivity contribution in [2.24, 2.45) is 0 Å². The van der Waals surface area contributed by atoms with Gasteiger partial charge in [0.1, 0.15) is 5.82 Å². The van der Waals surface area contributed by atoms with E-state index in [1.54, 1.807) is 31.4 Å². The van der Waals surface area contributed by atoms with Crippen LogP contribution in [0.4, 0.5) is 4.39 Å². The van der Waals surface area contributed by atoms with Gasteiger partial charge in [-0.2, -0.15) is 0 Å². The van der Waals surface area contributed by atoms with Crippen molar-refractivity contribution in [2.75, 3.05) is 33.4 Å². The fourth-order valence-electron chi connectivity index (χ4n) is 4.29. The summed E-state index contributed by atoms with van der Waals surface area (Å²) in [7, 11) is 1.58. The van der Waals surface area contributed by atoms with Crippen LogP contribution in [0.15, 0.2) is 40.9 Å². The number of benzene rings is 2. The first-order valence-corrected chi connectivity index (χ1v) is 11.2. The zero-order chi connectivity index (χ0) is 22.5. The Kier molecular flexibility index (Phi) is 7.05. The largest absolute Gasteiger partial charge is 0.493 e. The van der Waals surface area contributed by atoms with Gasteiger partial charge >= 0.3 is 0 Å². The molecular weight excluding hydrogens is 411 g/mol. The van der Waals surface area contributed by atoms with Crippen molar-refractivity contribution in [3.63, 3.8) is 0 Å². The molecule has 0 saturated carbocycles. The van der Waals surface area contributed by atoms with E-state index in [-0.39, 0.29) is 11.6 Å². The number of hydrogen-bond acceptors (Lipinski definition) is 6. The maximum absolute atomic E-state index is 13.6. The van der Waals surface area contributed by atoms with Crippen LogP contribution in [0.2, 0.25) is 0 Å². The molecule has 0 amide bonds. The normalized spacial score (nSPS) is 15.2. The van der Waals surface area contributed by atoms with Gasteiger partial charge in [-0.25, -0.2) is 4.39 Å². The Balaban J connectivity index is 1.24. The minimum Gasteiger partial charge on any atom is -0.493 e. The Morgan fingerprint density at radius 2 is 2.00 bits per heavy atom. The number of hydrogen-bond donors (Lipinski definition) is 0. The van der Waals surface area contributed by atoms with Crippen LogP contribution in [0, 0.1) is 5.82 Å². The Morgan fingerprint density at radius 1 is 1.19 bits per heavy atom. The number of halogens is 1. The first-order valence-electron chi connectivity index (χ1n) is 11.2. The lowest BCUT2D eigenvalue weighted by molar-refractivity contribution is 0.0987. The van der Waals surface area contributed by atoms with Crippen molar-refractivity contribution in [1.82, 2.24) is 10.1 Å². The molecule has 1 aliphatic rings. The molecule has 0 unspecified atom stereocenters. The molecule has 170 valence electrons. The third-order valence-corrected chi connectivity index (χ3v) is 6.12. The number of piperidine rings is 1. The minimum absolute atomic E-state index is 0.0852. The fraction of sp³-hybridized carbons (Fsp3) is 0.440. The number of carbonyl (C=O) groups excluding carboxylic acids is 1. The van der Waals surface area contributed by atoms with Crippen molar-refractivity contribution in [1.29, 1.82) is 0 Å². The third-order valence-electron chi connectivity index (χ3n) is 6.12. The van der Waals surface area contributed by atoms with E-state index in [9.17, 15) is 9.18 Å². The minimum atomic E-state index is -0.261. The van der Waals surface area contributed by atoms with Crippen LogP contribution in [-0.2, 0) is 0 Å². The summed E-state index contributed by atoms with van der Waals surface area (Å²) in [4.78, 5) is 14.3. The van der Waals surface area contributed by atoms with Gasteiger partial charge < -0.3 is 18.9 Å². The van der Waals surface area contributed by atoms with Gasteiger partial charge in [-0.1, -0.05) is 12.1 Å². The second-order valence-electron chi connectivity index (χ2n) is 8.17. The molecule has 0 aliphatic carbocycles. The maximum Gasteiger partial charge on any atom is 0.167 e. The monoisotopic (exact) mass is 440 g/mol. The van der Waals surface area contributed by atoms with Crippen molar-refractivity contribution >= 4 is 16.8 Å². The molecule has 1 fully saturated rings. The number of methoxy groups -OCH3 is 1. The average molecular weight is 441 g/mol. The molecule has 0 atom stereocenters. The van der Waals surface area contributed by atoms with Crippen molar-refractivity contribution < 1.29 is 23.2 Å². The second kappa shape index (κ2) is 10.1. The van der Waals surface area contributed by atoms with Crippen LogP contribution in [0.25, 0.3) is 11.0 Å². The summed E-state index contributed by atoms with van der Waals surface area (Å²) in [5.41, 5.74) is 2.16. The van der Waals surface area contributed by atoms with Gasteiger partial charge in [-0.3, -0.25) is 4.79 Å². The van der Waals surface area contributed by atoms with Gasteiger partial charge in [0.15, 0.2) is 22.9 Å². The number of fused-ring (bicyclic) bond motifs is 1. The van der Waals surface area contributed by atoms with E-state index in [4.69, 9.17) is 14.0 Å². The molecule has 4 rings (SSSR count). The molecule has 2 aromatic carbocycles. The summed E-state index contributed by atoms with van der Waals surface area (Å²) in [6.45, 7) is 5.28. The van der Waals surface area contributed by atoms with Gasteiger partial charge in [0.2, 0.25) is 0 Å². The molecule has 0 N–H and O–H groups in total. The first-order chi connectivity index (χ1) is 15.6. The zero-order valence-electron chi connectivity index (χ0n) is 18.6. The van der Waals surface area contributed by atoms with Crippen LogP contribution in [0.3, 0.4) is 0 Å². The molecule has 32 heavy (non-hydrogen) atoms. The number of nitrogens with zero attached hydrogens (tertiary/aromatic N) is 2. The predicted molar refractivity (Wildman–Crippen MR) is 120 cm³/mol. The van der Waals surface area contributed by atoms with E-state index < -0.39 is 0 Å². The summed E-state index contributed by atoms with van der Waals surface area (Å²) in [5, 5.41) is 5.01. The SMILES string of the molecule is CCC(=O)c1ccc(OCCCN2CCC(c3noc4ccc(F)cc34)CC2)c(OC)c1. The predicted octanol–water partition coefficient (Wildman–Crippen LogP) is 5.22. The van der Waals surface area contributed by atoms with Crippen molar-refractivity contribution in [3.8, 4) is 11.5 Å². The molecule has 0 bridgehead atoms. The summed E-state index contributed by atoms with van der Waals surface area (Å²) < 4.78 is 30.3. The molecule has 0 spiro atoms. The number of likely N-dealkylation sites (tertiary alicyclic amines) is 1. The molecule has 6 nitrogen and oxygen atoms in total. The van der Waals surface area contributed by atoms with Crippen LogP contribution < -0.4 is 9.47 Å². The van der Waals surface area contributed by atoms with E-state index in [0.29, 0.717) is 41.6 Å². The molecule has 1 aliphatic heterocycles. The van der Waals surface area contributed by atoms with Crippen molar-refractivity contribution in [2.45, 2.75) is 38.5 Å². The molecule has 1 aromatic heterocycles. The van der Waals surface area contributed by atoms with Crippen LogP contribution in [0.5, 0.6) is 11.5 Å². The van der Waals surface area contributed by atoms with Gasteiger partial charge in [0.25, 0.3) is 0 Å². The Hall–Kier alpha value is -2.93. The van der Waals surface area contributed by atoms with E-state index in [1.807, 2.05) is 6.92 Å². The van der Waals surface area contributed by atoms with Crippen LogP contribution in [0.1, 0.15) is 54.6 Å². The summed E-state index contributed by atoms with van der Waals surface area (Å²) in [5.74, 6) is 1.36. The number of rotatable bonds is 9. The van der Waals surface area contributed by atoms with E-state index in [2.05, 4.69) is 10.1 Å². The quantitative estimate of drug-likeness (QED) is 0.336. The van der Waals surface area contributed by atoms with E-state index in [0.717, 1.165) is 50.0 Å². The van der Waals surface area contributed by atoms with Gasteiger partial charge in [-0.15, -0.1) is 0 Å². The lowest BCUT2D eigenvalue weighted by Gasteiger charge is -2.31. The summed E-state index contributed by atoms with van der Waals surface area (Å²) >= 11 is 0. The van der Waals surface area contributed by atoms with E-state index >= 15 is 0 Å². The van der Waals surface area contributed by atoms with Crippen LogP contribution >= 0.6 is 0 Å². The molecule has 7 heteroatoms. The smallest absolute Gasteiger partial charge is 0.167 e. The van der Waals surface area contributed by atoms with Gasteiger partial charge in [0.05, 0.1) is 19.4 Å². The highest BCUT2D eigenvalue weighted by Crippen LogP contribution is 2.33. The van der Waals surface area contributed by atoms with Gasteiger partial charge in [-0.05, 0) is 68.8 Å². The molecule has 1 saturated heterocycles. The molecule has 2 heterocycles. The number of carbonyl (C=O) groups is 1. The first kappa shape index (κ1) is 22.3. The fourth-order valence-corrected chi connectivity index (χ4v) is 4.29. The molecular formula is C25H29FN2O4. The zero-order valence-corrected chi connectivity index (χ0v) is 18.6. The molecule has 0 radical (unpaired) electrons.